The van der Waals surface area contributed by atoms with Crippen molar-refractivity contribution in [1.82, 2.24) is 10.2 Å². The number of hydrogen-bond acceptors (Lipinski definition) is 3. The fourth-order valence-corrected chi connectivity index (χ4v) is 3.80. The van der Waals surface area contributed by atoms with Crippen LogP contribution in [0, 0.1) is 5.41 Å². The van der Waals surface area contributed by atoms with Crippen LogP contribution in [0.5, 0.6) is 0 Å². The number of amides is 2. The molecular formula is C17H22BrN3O2. The monoisotopic (exact) mass is 379 g/mol. The average molecular weight is 380 g/mol. The maximum absolute atomic E-state index is 12.9. The fraction of sp³-hybridized carbons (Fsp3) is 0.529. The van der Waals surface area contributed by atoms with Gasteiger partial charge in [-0.1, -0.05) is 28.1 Å². The summed E-state index contributed by atoms with van der Waals surface area (Å²) in [7, 11) is 0. The molecule has 3 N–H and O–H groups in total. The van der Waals surface area contributed by atoms with Gasteiger partial charge in [-0.15, -0.1) is 0 Å². The van der Waals surface area contributed by atoms with Gasteiger partial charge in [0.15, 0.2) is 0 Å². The Balaban J connectivity index is 1.69. The van der Waals surface area contributed by atoms with Crippen LogP contribution in [-0.2, 0) is 15.1 Å². The van der Waals surface area contributed by atoms with Gasteiger partial charge >= 0.3 is 0 Å². The number of rotatable bonds is 2. The number of carbonyl (C=O) groups excluding carboxylic acids is 2. The van der Waals surface area contributed by atoms with Crippen molar-refractivity contribution in [2.24, 2.45) is 11.1 Å². The maximum atomic E-state index is 12.9. The van der Waals surface area contributed by atoms with Crippen molar-refractivity contribution >= 4 is 27.7 Å². The van der Waals surface area contributed by atoms with Gasteiger partial charge in [-0.05, 0) is 42.9 Å². The minimum atomic E-state index is -1.03. The first-order valence-corrected chi connectivity index (χ1v) is 8.73. The summed E-state index contributed by atoms with van der Waals surface area (Å²) in [5, 5.41) is 2.91. The number of benzene rings is 1. The first-order chi connectivity index (χ1) is 10.8. The molecule has 2 saturated heterocycles. The SMILES string of the molecule is CC(N)(C(=O)N1CCC2(CC1)CNC(=O)C2)c1ccc(Br)cc1. The van der Waals surface area contributed by atoms with E-state index in [1.807, 2.05) is 29.2 Å². The second-order valence-electron chi connectivity index (χ2n) is 6.95. The van der Waals surface area contributed by atoms with Gasteiger partial charge in [-0.3, -0.25) is 9.59 Å². The molecule has 1 atom stereocenters. The summed E-state index contributed by atoms with van der Waals surface area (Å²) in [6.07, 6.45) is 2.30. The van der Waals surface area contributed by atoms with Gasteiger partial charge in [0, 0.05) is 30.5 Å². The number of nitrogens with zero attached hydrogens (tertiary/aromatic N) is 1. The zero-order valence-corrected chi connectivity index (χ0v) is 14.9. The number of carbonyl (C=O) groups is 2. The predicted molar refractivity (Wildman–Crippen MR) is 91.6 cm³/mol. The third-order valence-corrected chi connectivity index (χ3v) is 5.72. The van der Waals surface area contributed by atoms with Gasteiger partial charge in [0.2, 0.25) is 11.8 Å². The Hall–Kier alpha value is -1.40. The predicted octanol–water partition coefficient (Wildman–Crippen LogP) is 1.75. The molecule has 1 aromatic rings. The van der Waals surface area contributed by atoms with Crippen molar-refractivity contribution in [2.75, 3.05) is 19.6 Å². The summed E-state index contributed by atoms with van der Waals surface area (Å²) in [4.78, 5) is 26.2. The maximum Gasteiger partial charge on any atom is 0.246 e. The summed E-state index contributed by atoms with van der Waals surface area (Å²) in [6, 6.07) is 7.56. The molecule has 6 heteroatoms. The van der Waals surface area contributed by atoms with Crippen molar-refractivity contribution in [1.29, 1.82) is 0 Å². The molecule has 2 aliphatic heterocycles. The lowest BCUT2D eigenvalue weighted by Crippen LogP contribution is -2.54. The van der Waals surface area contributed by atoms with Crippen LogP contribution in [-0.4, -0.2) is 36.3 Å². The minimum Gasteiger partial charge on any atom is -0.356 e. The number of halogens is 1. The molecule has 2 heterocycles. The highest BCUT2D eigenvalue weighted by atomic mass is 79.9. The van der Waals surface area contributed by atoms with Gasteiger partial charge in [0.05, 0.1) is 0 Å². The van der Waals surface area contributed by atoms with Crippen LogP contribution in [0.1, 0.15) is 31.7 Å². The third kappa shape index (κ3) is 3.15. The number of piperidine rings is 1. The van der Waals surface area contributed by atoms with Crippen LogP contribution < -0.4 is 11.1 Å². The lowest BCUT2D eigenvalue weighted by Gasteiger charge is -2.41. The van der Waals surface area contributed by atoms with E-state index in [2.05, 4.69) is 21.2 Å². The van der Waals surface area contributed by atoms with Gasteiger partial charge in [0.25, 0.3) is 0 Å². The molecule has 2 aliphatic rings. The summed E-state index contributed by atoms with van der Waals surface area (Å²) < 4.78 is 0.961. The Labute approximate surface area is 144 Å². The Morgan fingerprint density at radius 2 is 1.91 bits per heavy atom. The highest BCUT2D eigenvalue weighted by molar-refractivity contribution is 9.10. The fourth-order valence-electron chi connectivity index (χ4n) is 3.54. The summed E-state index contributed by atoms with van der Waals surface area (Å²) in [6.45, 7) is 3.83. The highest BCUT2D eigenvalue weighted by Crippen LogP contribution is 2.38. The van der Waals surface area contributed by atoms with Crippen molar-refractivity contribution in [3.05, 3.63) is 34.3 Å². The van der Waals surface area contributed by atoms with E-state index in [-0.39, 0.29) is 17.2 Å². The smallest absolute Gasteiger partial charge is 0.246 e. The molecule has 1 unspecified atom stereocenters. The number of nitrogens with one attached hydrogen (secondary N) is 1. The van der Waals surface area contributed by atoms with Crippen molar-refractivity contribution in [3.8, 4) is 0 Å². The van der Waals surface area contributed by atoms with E-state index in [0.717, 1.165) is 29.4 Å². The van der Waals surface area contributed by atoms with Gasteiger partial charge < -0.3 is 16.0 Å². The van der Waals surface area contributed by atoms with Gasteiger partial charge in [-0.25, -0.2) is 0 Å². The Bertz CT molecular complexity index is 619. The van der Waals surface area contributed by atoms with Crippen molar-refractivity contribution < 1.29 is 9.59 Å². The summed E-state index contributed by atoms with van der Waals surface area (Å²) in [5.74, 6) is 0.0789. The number of likely N-dealkylation sites (tertiary alicyclic amines) is 1. The largest absolute Gasteiger partial charge is 0.356 e. The van der Waals surface area contributed by atoms with Crippen LogP contribution in [0.2, 0.25) is 0 Å². The summed E-state index contributed by atoms with van der Waals surface area (Å²) in [5.41, 5.74) is 6.17. The molecule has 0 saturated carbocycles. The molecule has 1 spiro atoms. The van der Waals surface area contributed by atoms with E-state index in [9.17, 15) is 9.59 Å². The van der Waals surface area contributed by atoms with E-state index < -0.39 is 5.54 Å². The molecule has 0 bridgehead atoms. The molecule has 0 aliphatic carbocycles. The highest BCUT2D eigenvalue weighted by Gasteiger charge is 2.44. The molecule has 23 heavy (non-hydrogen) atoms. The van der Waals surface area contributed by atoms with E-state index in [1.165, 1.54) is 0 Å². The molecule has 2 amide bonds. The van der Waals surface area contributed by atoms with E-state index in [4.69, 9.17) is 5.73 Å². The van der Waals surface area contributed by atoms with E-state index >= 15 is 0 Å². The third-order valence-electron chi connectivity index (χ3n) is 5.20. The molecule has 3 rings (SSSR count). The standard InChI is InChI=1S/C17H22BrN3O2/c1-16(19,12-2-4-13(18)5-3-12)15(23)21-8-6-17(7-9-21)10-14(22)20-11-17/h2-5H,6-11,19H2,1H3,(H,20,22). The molecule has 2 fully saturated rings. The lowest BCUT2D eigenvalue weighted by molar-refractivity contribution is -0.139. The van der Waals surface area contributed by atoms with Crippen LogP contribution in [0.4, 0.5) is 0 Å². The van der Waals surface area contributed by atoms with Gasteiger partial charge in [-0.2, -0.15) is 0 Å². The van der Waals surface area contributed by atoms with Crippen molar-refractivity contribution in [2.45, 2.75) is 31.7 Å². The normalized spacial score (nSPS) is 22.7. The second-order valence-corrected chi connectivity index (χ2v) is 7.87. The Kier molecular flexibility index (Phi) is 4.23. The molecule has 124 valence electrons. The van der Waals surface area contributed by atoms with Crippen LogP contribution >= 0.6 is 15.9 Å². The number of hydrogen-bond donors (Lipinski definition) is 2. The van der Waals surface area contributed by atoms with Gasteiger partial charge in [0.1, 0.15) is 5.54 Å². The average Bonchev–Trinajstić information content (AvgIpc) is 2.88. The minimum absolute atomic E-state index is 0.0382. The Morgan fingerprint density at radius 3 is 2.43 bits per heavy atom. The molecular weight excluding hydrogens is 358 g/mol. The zero-order valence-electron chi connectivity index (χ0n) is 13.3. The van der Waals surface area contributed by atoms with Crippen LogP contribution in [0.3, 0.4) is 0 Å². The summed E-state index contributed by atoms with van der Waals surface area (Å²) >= 11 is 3.40. The first-order valence-electron chi connectivity index (χ1n) is 7.93. The zero-order chi connectivity index (χ0) is 16.7. The molecule has 5 nitrogen and oxygen atoms in total. The van der Waals surface area contributed by atoms with E-state index in [0.29, 0.717) is 19.5 Å². The molecule has 0 radical (unpaired) electrons. The number of nitrogens with two attached hydrogens (primary N) is 1. The van der Waals surface area contributed by atoms with Crippen LogP contribution in [0.15, 0.2) is 28.7 Å². The quantitative estimate of drug-likeness (QED) is 0.821. The molecule has 1 aromatic carbocycles. The van der Waals surface area contributed by atoms with Crippen LogP contribution in [0.25, 0.3) is 0 Å². The molecule has 0 aromatic heterocycles. The lowest BCUT2D eigenvalue weighted by atomic mass is 9.77. The van der Waals surface area contributed by atoms with Crippen molar-refractivity contribution in [3.63, 3.8) is 0 Å². The second kappa shape index (κ2) is 5.91. The topological polar surface area (TPSA) is 75.4 Å². The first kappa shape index (κ1) is 16.5. The van der Waals surface area contributed by atoms with E-state index in [1.54, 1.807) is 6.92 Å². The Morgan fingerprint density at radius 1 is 1.30 bits per heavy atom.